The summed E-state index contributed by atoms with van der Waals surface area (Å²) in [5.74, 6) is 1.35. The zero-order valence-corrected chi connectivity index (χ0v) is 21.4. The van der Waals surface area contributed by atoms with E-state index in [4.69, 9.17) is 14.5 Å². The van der Waals surface area contributed by atoms with E-state index in [9.17, 15) is 4.79 Å². The summed E-state index contributed by atoms with van der Waals surface area (Å²) in [6.45, 7) is 1.39. The first kappa shape index (κ1) is 25.0. The Morgan fingerprint density at radius 2 is 1.29 bits per heavy atom. The van der Waals surface area contributed by atoms with Crippen molar-refractivity contribution in [3.8, 4) is 39.7 Å². The van der Waals surface area contributed by atoms with Crippen LogP contribution in [-0.2, 0) is 11.3 Å². The molecule has 0 aliphatic heterocycles. The van der Waals surface area contributed by atoms with Gasteiger partial charge in [-0.25, -0.2) is 9.78 Å². The van der Waals surface area contributed by atoms with Crippen molar-refractivity contribution in [2.75, 3.05) is 13.7 Å². The molecule has 0 saturated heterocycles. The van der Waals surface area contributed by atoms with Crippen LogP contribution in [0.2, 0.25) is 0 Å². The third-order valence-electron chi connectivity index (χ3n) is 6.41. The molecule has 0 aliphatic rings. The SMILES string of the molecule is COC(=O)c1ccc(OCCCCn2c(-c3ccccc3)nc(-c3ccccc3)c2-c2ccccc2)cc1. The topological polar surface area (TPSA) is 53.4 Å². The molecule has 4 aromatic carbocycles. The van der Waals surface area contributed by atoms with Crippen molar-refractivity contribution in [1.29, 1.82) is 0 Å². The summed E-state index contributed by atoms with van der Waals surface area (Å²) >= 11 is 0. The molecule has 190 valence electrons. The highest BCUT2D eigenvalue weighted by Gasteiger charge is 2.20. The molecule has 0 saturated carbocycles. The maximum atomic E-state index is 11.6. The van der Waals surface area contributed by atoms with E-state index >= 15 is 0 Å². The smallest absolute Gasteiger partial charge is 0.337 e. The maximum Gasteiger partial charge on any atom is 0.337 e. The molecule has 1 heterocycles. The van der Waals surface area contributed by atoms with Crippen LogP contribution >= 0.6 is 0 Å². The molecule has 0 unspecified atom stereocenters. The van der Waals surface area contributed by atoms with E-state index in [1.165, 1.54) is 7.11 Å². The van der Waals surface area contributed by atoms with E-state index in [1.54, 1.807) is 24.3 Å². The van der Waals surface area contributed by atoms with Gasteiger partial charge in [0.05, 0.1) is 30.7 Å². The summed E-state index contributed by atoms with van der Waals surface area (Å²) in [7, 11) is 1.38. The summed E-state index contributed by atoms with van der Waals surface area (Å²) < 4.78 is 13.0. The van der Waals surface area contributed by atoms with E-state index in [-0.39, 0.29) is 5.97 Å². The Bertz CT molecular complexity index is 1460. The van der Waals surface area contributed by atoms with Crippen molar-refractivity contribution in [2.24, 2.45) is 0 Å². The lowest BCUT2D eigenvalue weighted by atomic mass is 10.0. The summed E-state index contributed by atoms with van der Waals surface area (Å²) in [5.41, 5.74) is 5.95. The molecular weight excluding hydrogens is 472 g/mol. The Labute approximate surface area is 223 Å². The minimum atomic E-state index is -0.352. The number of aromatic nitrogens is 2. The number of ether oxygens (including phenoxy) is 2. The molecule has 5 nitrogen and oxygen atoms in total. The van der Waals surface area contributed by atoms with Crippen LogP contribution in [0, 0.1) is 0 Å². The molecule has 0 amide bonds. The molecule has 1 aromatic heterocycles. The van der Waals surface area contributed by atoms with Gasteiger partial charge in [0.25, 0.3) is 0 Å². The largest absolute Gasteiger partial charge is 0.494 e. The van der Waals surface area contributed by atoms with Crippen molar-refractivity contribution >= 4 is 5.97 Å². The van der Waals surface area contributed by atoms with E-state index in [2.05, 4.69) is 77.4 Å². The van der Waals surface area contributed by atoms with Gasteiger partial charge in [-0.05, 0) is 37.1 Å². The molecule has 0 aliphatic carbocycles. The summed E-state index contributed by atoms with van der Waals surface area (Å²) in [5, 5.41) is 0. The molecule has 5 aromatic rings. The van der Waals surface area contributed by atoms with Crippen molar-refractivity contribution in [2.45, 2.75) is 19.4 Å². The fraction of sp³-hybridized carbons (Fsp3) is 0.152. The van der Waals surface area contributed by atoms with Crippen LogP contribution in [0.3, 0.4) is 0 Å². The maximum absolute atomic E-state index is 11.6. The molecule has 0 spiro atoms. The number of methoxy groups -OCH3 is 1. The second kappa shape index (κ2) is 12.1. The Morgan fingerprint density at radius 1 is 0.711 bits per heavy atom. The van der Waals surface area contributed by atoms with Crippen molar-refractivity contribution in [3.63, 3.8) is 0 Å². The Hall–Kier alpha value is -4.64. The first-order valence-electron chi connectivity index (χ1n) is 12.8. The Balaban J connectivity index is 1.39. The van der Waals surface area contributed by atoms with Gasteiger partial charge >= 0.3 is 5.97 Å². The van der Waals surface area contributed by atoms with Crippen LogP contribution < -0.4 is 4.74 Å². The van der Waals surface area contributed by atoms with Gasteiger partial charge in [0, 0.05) is 23.2 Å². The number of carbonyl (C=O) groups is 1. The number of carbonyl (C=O) groups excluding carboxylic acids is 1. The number of benzene rings is 4. The fourth-order valence-corrected chi connectivity index (χ4v) is 4.53. The van der Waals surface area contributed by atoms with E-state index in [0.29, 0.717) is 12.2 Å². The van der Waals surface area contributed by atoms with E-state index in [1.807, 2.05) is 18.2 Å². The molecule has 0 radical (unpaired) electrons. The average molecular weight is 503 g/mol. The lowest BCUT2D eigenvalue weighted by Gasteiger charge is -2.14. The number of unbranched alkanes of at least 4 members (excludes halogenated alkanes) is 1. The minimum Gasteiger partial charge on any atom is -0.494 e. The molecular formula is C33H30N2O3. The van der Waals surface area contributed by atoms with Crippen LogP contribution in [0.25, 0.3) is 33.9 Å². The monoisotopic (exact) mass is 502 g/mol. The van der Waals surface area contributed by atoms with Gasteiger partial charge in [-0.2, -0.15) is 0 Å². The first-order chi connectivity index (χ1) is 18.7. The van der Waals surface area contributed by atoms with Gasteiger partial charge in [0.15, 0.2) is 0 Å². The number of hydrogen-bond acceptors (Lipinski definition) is 4. The van der Waals surface area contributed by atoms with Crippen molar-refractivity contribution in [3.05, 3.63) is 121 Å². The molecule has 0 fully saturated rings. The number of rotatable bonds is 10. The molecule has 0 bridgehead atoms. The zero-order valence-electron chi connectivity index (χ0n) is 21.4. The van der Waals surface area contributed by atoms with Crippen LogP contribution in [0.1, 0.15) is 23.2 Å². The van der Waals surface area contributed by atoms with Gasteiger partial charge in [-0.1, -0.05) is 91.0 Å². The van der Waals surface area contributed by atoms with Crippen LogP contribution in [-0.4, -0.2) is 29.2 Å². The number of imidazole rings is 1. The summed E-state index contributed by atoms with van der Waals surface area (Å²) in [6, 6.07) is 38.3. The minimum absolute atomic E-state index is 0.352. The lowest BCUT2D eigenvalue weighted by molar-refractivity contribution is 0.0600. The second-order valence-corrected chi connectivity index (χ2v) is 8.95. The Kier molecular flexibility index (Phi) is 7.95. The van der Waals surface area contributed by atoms with Gasteiger partial charge in [-0.3, -0.25) is 0 Å². The van der Waals surface area contributed by atoms with Crippen LogP contribution in [0.5, 0.6) is 5.75 Å². The molecule has 0 atom stereocenters. The van der Waals surface area contributed by atoms with Crippen LogP contribution in [0.4, 0.5) is 0 Å². The summed E-state index contributed by atoms with van der Waals surface area (Å²) in [4.78, 5) is 16.8. The third kappa shape index (κ3) is 5.68. The van der Waals surface area contributed by atoms with E-state index in [0.717, 1.165) is 59.0 Å². The van der Waals surface area contributed by atoms with Gasteiger partial charge in [-0.15, -0.1) is 0 Å². The van der Waals surface area contributed by atoms with Crippen LogP contribution in [0.15, 0.2) is 115 Å². The van der Waals surface area contributed by atoms with Crippen molar-refractivity contribution in [1.82, 2.24) is 9.55 Å². The fourth-order valence-electron chi connectivity index (χ4n) is 4.53. The highest BCUT2D eigenvalue weighted by Crippen LogP contribution is 2.36. The standard InChI is InChI=1S/C33H30N2O3/c1-37-33(36)28-19-21-29(22-20-28)38-24-12-11-23-35-31(26-15-7-3-8-16-26)30(25-13-5-2-6-14-25)34-32(35)27-17-9-4-10-18-27/h2-10,13-22H,11-12,23-24H2,1H3. The number of nitrogens with zero attached hydrogens (tertiary/aromatic N) is 2. The predicted molar refractivity (Wildman–Crippen MR) is 151 cm³/mol. The molecule has 5 heteroatoms. The second-order valence-electron chi connectivity index (χ2n) is 8.95. The van der Waals surface area contributed by atoms with Gasteiger partial charge in [0.1, 0.15) is 11.6 Å². The van der Waals surface area contributed by atoms with Gasteiger partial charge in [0.2, 0.25) is 0 Å². The predicted octanol–water partition coefficient (Wildman–Crippen LogP) is 7.53. The number of hydrogen-bond donors (Lipinski definition) is 0. The molecule has 0 N–H and O–H groups in total. The highest BCUT2D eigenvalue weighted by atomic mass is 16.5. The van der Waals surface area contributed by atoms with Crippen molar-refractivity contribution < 1.29 is 14.3 Å². The summed E-state index contributed by atoms with van der Waals surface area (Å²) in [6.07, 6.45) is 1.80. The lowest BCUT2D eigenvalue weighted by Crippen LogP contribution is -2.06. The van der Waals surface area contributed by atoms with E-state index < -0.39 is 0 Å². The quantitative estimate of drug-likeness (QED) is 0.146. The highest BCUT2D eigenvalue weighted by molar-refractivity contribution is 5.89. The average Bonchev–Trinajstić information content (AvgIpc) is 3.37. The Morgan fingerprint density at radius 3 is 1.89 bits per heavy atom. The zero-order chi connectivity index (χ0) is 26.2. The normalized spacial score (nSPS) is 10.8. The molecule has 5 rings (SSSR count). The molecule has 38 heavy (non-hydrogen) atoms. The number of esters is 1. The van der Waals surface area contributed by atoms with Gasteiger partial charge < -0.3 is 14.0 Å². The third-order valence-corrected chi connectivity index (χ3v) is 6.41. The first-order valence-corrected chi connectivity index (χ1v) is 12.8.